The van der Waals surface area contributed by atoms with Gasteiger partial charge >= 0.3 is 0 Å². The Morgan fingerprint density at radius 1 is 0.379 bits per heavy atom. The van der Waals surface area contributed by atoms with Crippen molar-refractivity contribution in [2.45, 2.75) is 24.7 Å². The highest BCUT2D eigenvalue weighted by Crippen LogP contribution is 2.54. The van der Waals surface area contributed by atoms with Gasteiger partial charge in [0.05, 0.1) is 32.8 Å². The summed E-state index contributed by atoms with van der Waals surface area (Å²) in [5, 5.41) is 12.5. The Bertz CT molecular complexity index is 5120. The molecule has 412 valence electrons. The van der Waals surface area contributed by atoms with Crippen LogP contribution in [-0.2, 0) is 6.42 Å². The van der Waals surface area contributed by atoms with Gasteiger partial charge in [0.25, 0.3) is 0 Å². The van der Waals surface area contributed by atoms with Gasteiger partial charge in [-0.25, -0.2) is 20.0 Å². The lowest BCUT2D eigenvalue weighted by Crippen LogP contribution is -2.35. The second-order valence-corrected chi connectivity index (χ2v) is 23.6. The number of rotatable bonds is 10. The van der Waals surface area contributed by atoms with Crippen LogP contribution in [0.3, 0.4) is 0 Å². The van der Waals surface area contributed by atoms with Gasteiger partial charge < -0.3 is 19.8 Å². The first-order valence-electron chi connectivity index (χ1n) is 29.7. The third-order valence-corrected chi connectivity index (χ3v) is 18.6. The maximum atomic E-state index is 5.68. The van der Waals surface area contributed by atoms with Crippen molar-refractivity contribution in [3.8, 4) is 33.8 Å². The molecule has 0 spiro atoms. The minimum absolute atomic E-state index is 0.0149. The van der Waals surface area contributed by atoms with E-state index >= 15 is 0 Å². The Balaban J connectivity index is 0.981. The lowest BCUT2D eigenvalue weighted by atomic mass is 9.80. The van der Waals surface area contributed by atoms with Crippen molar-refractivity contribution in [1.29, 1.82) is 0 Å². The molecular formula is C78H54N8S. The zero-order chi connectivity index (χ0) is 57.4. The van der Waals surface area contributed by atoms with Gasteiger partial charge in [-0.05, 0) is 88.3 Å². The second kappa shape index (κ2) is 21.0. The number of fused-ring (bicyclic) bond motifs is 10. The van der Waals surface area contributed by atoms with E-state index in [2.05, 4.69) is 275 Å². The minimum Gasteiger partial charge on any atom is -0.344 e. The number of benzene rings is 11. The Labute approximate surface area is 507 Å². The number of amidine groups is 4. The predicted octanol–water partition coefficient (Wildman–Crippen LogP) is 18.0. The van der Waals surface area contributed by atoms with Crippen molar-refractivity contribution < 1.29 is 0 Å². The third-order valence-electron chi connectivity index (χ3n) is 17.4. The van der Waals surface area contributed by atoms with Crippen LogP contribution in [-0.4, -0.2) is 32.5 Å². The smallest absolute Gasteiger partial charge is 0.161 e. The fraction of sp³-hybridized carbons (Fsp3) is 0.0513. The van der Waals surface area contributed by atoms with Crippen molar-refractivity contribution >= 4 is 76.7 Å². The van der Waals surface area contributed by atoms with Gasteiger partial charge in [-0.15, -0.1) is 11.3 Å². The second-order valence-electron chi connectivity index (χ2n) is 22.5. The monoisotopic (exact) mass is 1130 g/mol. The summed E-state index contributed by atoms with van der Waals surface area (Å²) < 4.78 is 7.71. The van der Waals surface area contributed by atoms with Gasteiger partial charge in [-0.1, -0.05) is 237 Å². The summed E-state index contributed by atoms with van der Waals surface area (Å²) in [4.78, 5) is 21.9. The molecule has 5 heterocycles. The van der Waals surface area contributed by atoms with Crippen molar-refractivity contribution in [3.05, 3.63) is 335 Å². The minimum atomic E-state index is -0.452. The van der Waals surface area contributed by atoms with Crippen LogP contribution >= 0.6 is 11.3 Å². The van der Waals surface area contributed by atoms with Crippen LogP contribution < -0.4 is 10.6 Å². The van der Waals surface area contributed by atoms with Gasteiger partial charge in [0.1, 0.15) is 24.0 Å². The summed E-state index contributed by atoms with van der Waals surface area (Å²) in [6, 6.07) is 102. The molecule has 2 N–H and O–H groups in total. The van der Waals surface area contributed by atoms with E-state index in [-0.39, 0.29) is 5.92 Å². The van der Waals surface area contributed by atoms with Gasteiger partial charge in [0.15, 0.2) is 11.7 Å². The molecule has 3 aliphatic rings. The summed E-state index contributed by atoms with van der Waals surface area (Å²) in [7, 11) is 0. The van der Waals surface area contributed by atoms with Crippen LogP contribution in [0, 0.1) is 0 Å². The highest BCUT2D eigenvalue weighted by Gasteiger charge is 2.39. The predicted molar refractivity (Wildman–Crippen MR) is 360 cm³/mol. The summed E-state index contributed by atoms with van der Waals surface area (Å²) in [5.74, 6) is 2.67. The van der Waals surface area contributed by atoms with Gasteiger partial charge in [-0.3, -0.25) is 0 Å². The SMILES string of the molecule is c1ccc(C2=NC(c3ccccc3)NC(c3ccc(-n4c5c(c6cc(-c7ccccc7)ccc64)CC(c4ccccc4)c4c-5c5ccccc5n4-c4cccc5c4sc4ccccc45)c(C4=NC(c5ccccc5)NC(c5ccccc5)=N4)c3)=N2)cc1. The Hall–Kier alpha value is -11.0. The lowest BCUT2D eigenvalue weighted by molar-refractivity contribution is 0.673. The summed E-state index contributed by atoms with van der Waals surface area (Å²) >= 11 is 1.88. The summed E-state index contributed by atoms with van der Waals surface area (Å²) in [6.45, 7) is 0. The standard InChI is InChI=1S/C78H54N8S/c1-7-24-49(25-8-1)55-42-44-65-61(46-55)62-48-60(50-26-9-2-10-27-50)70-69(59-37-19-21-39-64(59)86(70)67-40-23-38-58-57-36-20-22-41-68(57)87-72(58)67)71(62)85(65)66-45-43-56(77-81-73(51-28-11-3-12-29-51)79-74(82-77)52-30-13-4-14-31-52)47-63(66)78-83-75(53-32-15-5-16-33-53)80-76(84-78)54-34-17-6-18-35-54/h1-47,60,73,75H,48H2,(H,79,81,82)(H,80,83,84). The van der Waals surface area contributed by atoms with E-state index in [1.165, 1.54) is 64.6 Å². The van der Waals surface area contributed by atoms with Crippen LogP contribution in [0.25, 0.3) is 75.7 Å². The molecule has 0 fully saturated rings. The molecule has 2 aliphatic heterocycles. The highest BCUT2D eigenvalue weighted by molar-refractivity contribution is 7.26. The first-order chi connectivity index (χ1) is 43.1. The summed E-state index contributed by atoms with van der Waals surface area (Å²) in [5.41, 5.74) is 18.6. The van der Waals surface area contributed by atoms with E-state index in [0.29, 0.717) is 17.5 Å². The maximum absolute atomic E-state index is 5.68. The molecule has 8 nitrogen and oxygen atoms in total. The molecule has 11 aromatic carbocycles. The number of nitrogens with one attached hydrogen (secondary N) is 2. The number of hydrogen-bond acceptors (Lipinski definition) is 7. The Kier molecular flexibility index (Phi) is 12.2. The molecule has 9 heteroatoms. The average molecular weight is 1140 g/mol. The highest BCUT2D eigenvalue weighted by atomic mass is 32.1. The van der Waals surface area contributed by atoms with E-state index in [1.54, 1.807) is 0 Å². The molecule has 0 saturated carbocycles. The molecule has 87 heavy (non-hydrogen) atoms. The van der Waals surface area contributed by atoms with Crippen LogP contribution in [0.15, 0.2) is 305 Å². The van der Waals surface area contributed by atoms with Gasteiger partial charge in [0.2, 0.25) is 0 Å². The van der Waals surface area contributed by atoms with Crippen LogP contribution in [0.1, 0.15) is 68.5 Å². The number of thiophene rings is 1. The first-order valence-corrected chi connectivity index (χ1v) is 30.5. The fourth-order valence-corrected chi connectivity index (χ4v) is 14.7. The number of nitrogens with zero attached hydrogens (tertiary/aromatic N) is 6. The zero-order valence-electron chi connectivity index (χ0n) is 47.2. The molecule has 0 bridgehead atoms. The van der Waals surface area contributed by atoms with Gasteiger partial charge in [0, 0.05) is 65.7 Å². The van der Waals surface area contributed by atoms with E-state index in [1.807, 2.05) is 41.7 Å². The largest absolute Gasteiger partial charge is 0.344 e. The quantitative estimate of drug-likeness (QED) is 0.143. The number of aliphatic imine (C=N–C) groups is 4. The number of aromatic nitrogens is 2. The average Bonchev–Trinajstić information content (AvgIpc) is 1.58. The lowest BCUT2D eigenvalue weighted by Gasteiger charge is -2.29. The van der Waals surface area contributed by atoms with Gasteiger partial charge in [-0.2, -0.15) is 0 Å². The van der Waals surface area contributed by atoms with Crippen molar-refractivity contribution in [1.82, 2.24) is 19.8 Å². The van der Waals surface area contributed by atoms with E-state index in [9.17, 15) is 0 Å². The first kappa shape index (κ1) is 50.5. The Morgan fingerprint density at radius 2 is 0.920 bits per heavy atom. The summed E-state index contributed by atoms with van der Waals surface area (Å²) in [6.07, 6.45) is -0.100. The maximum Gasteiger partial charge on any atom is 0.161 e. The van der Waals surface area contributed by atoms with Crippen LogP contribution in [0.2, 0.25) is 0 Å². The van der Waals surface area contributed by atoms with Crippen LogP contribution in [0.5, 0.6) is 0 Å². The molecule has 1 aliphatic carbocycles. The molecular weight excluding hydrogens is 1080 g/mol. The van der Waals surface area contributed by atoms with E-state index < -0.39 is 12.3 Å². The number of hydrogen-bond donors (Lipinski definition) is 2. The molecule has 14 aromatic rings. The van der Waals surface area contributed by atoms with Crippen molar-refractivity contribution in [3.63, 3.8) is 0 Å². The van der Waals surface area contributed by atoms with E-state index in [4.69, 9.17) is 20.0 Å². The Morgan fingerprint density at radius 3 is 1.62 bits per heavy atom. The molecule has 0 saturated heterocycles. The molecule has 17 rings (SSSR count). The number of para-hydroxylation sites is 1. The van der Waals surface area contributed by atoms with Crippen molar-refractivity contribution in [2.75, 3.05) is 0 Å². The van der Waals surface area contributed by atoms with Crippen LogP contribution in [0.4, 0.5) is 0 Å². The molecule has 3 atom stereocenters. The fourth-order valence-electron chi connectivity index (χ4n) is 13.4. The third kappa shape index (κ3) is 8.65. The zero-order valence-corrected chi connectivity index (χ0v) is 48.0. The molecule has 0 radical (unpaired) electrons. The van der Waals surface area contributed by atoms with E-state index in [0.717, 1.165) is 73.6 Å². The van der Waals surface area contributed by atoms with Crippen molar-refractivity contribution in [2.24, 2.45) is 20.0 Å². The molecule has 0 amide bonds. The topological polar surface area (TPSA) is 83.4 Å². The molecule has 3 unspecified atom stereocenters. The molecule has 3 aromatic heterocycles. The normalized spacial score (nSPS) is 16.3.